The lowest BCUT2D eigenvalue weighted by atomic mass is 9.68. The van der Waals surface area contributed by atoms with Crippen LogP contribution in [0.1, 0.15) is 58.1 Å². The van der Waals surface area contributed by atoms with Gasteiger partial charge in [0.15, 0.2) is 0 Å². The molecule has 1 nitrogen and oxygen atoms in total. The van der Waals surface area contributed by atoms with Crippen LogP contribution in [0.4, 0.5) is 0 Å². The van der Waals surface area contributed by atoms with E-state index in [4.69, 9.17) is 0 Å². The van der Waals surface area contributed by atoms with Crippen molar-refractivity contribution < 1.29 is 5.11 Å². The molecule has 1 atom stereocenters. The van der Waals surface area contributed by atoms with Crippen LogP contribution in [0.5, 0.6) is 0 Å². The average Bonchev–Trinajstić information content (AvgIpc) is 2.38. The summed E-state index contributed by atoms with van der Waals surface area (Å²) >= 11 is 0. The number of rotatable bonds is 2. The zero-order valence-electron chi connectivity index (χ0n) is 11.9. The van der Waals surface area contributed by atoms with Gasteiger partial charge in [-0.3, -0.25) is 0 Å². The zero-order chi connectivity index (χ0) is 13.2. The number of hydrogen-bond acceptors (Lipinski definition) is 1. The molecule has 0 aliphatic heterocycles. The molecule has 100 valence electrons. The lowest BCUT2D eigenvalue weighted by Crippen LogP contribution is -2.28. The van der Waals surface area contributed by atoms with Gasteiger partial charge < -0.3 is 5.11 Å². The minimum absolute atomic E-state index is 0.271. The summed E-state index contributed by atoms with van der Waals surface area (Å²) < 4.78 is 0. The van der Waals surface area contributed by atoms with Crippen molar-refractivity contribution in [3.63, 3.8) is 0 Å². The second kappa shape index (κ2) is 5.44. The second-order valence-corrected chi connectivity index (χ2v) is 6.83. The molecule has 0 bridgehead atoms. The first-order valence-corrected chi connectivity index (χ1v) is 7.21. The van der Waals surface area contributed by atoms with Crippen molar-refractivity contribution in [1.82, 2.24) is 0 Å². The first-order chi connectivity index (χ1) is 8.48. The quantitative estimate of drug-likeness (QED) is 0.810. The van der Waals surface area contributed by atoms with E-state index in [0.29, 0.717) is 11.3 Å². The van der Waals surface area contributed by atoms with Crippen LogP contribution in [0.25, 0.3) is 0 Å². The van der Waals surface area contributed by atoms with E-state index < -0.39 is 0 Å². The van der Waals surface area contributed by atoms with Gasteiger partial charge in [-0.05, 0) is 48.5 Å². The van der Waals surface area contributed by atoms with Gasteiger partial charge in [-0.2, -0.15) is 0 Å². The Morgan fingerprint density at radius 2 is 1.56 bits per heavy atom. The van der Waals surface area contributed by atoms with Gasteiger partial charge in [0.2, 0.25) is 0 Å². The van der Waals surface area contributed by atoms with Gasteiger partial charge >= 0.3 is 0 Å². The largest absolute Gasteiger partial charge is 0.388 e. The van der Waals surface area contributed by atoms with Crippen LogP contribution in [0.3, 0.4) is 0 Å². The molecule has 0 saturated heterocycles. The minimum atomic E-state index is -0.271. The van der Waals surface area contributed by atoms with Gasteiger partial charge in [0.1, 0.15) is 0 Å². The molecule has 0 spiro atoms. The van der Waals surface area contributed by atoms with E-state index in [0.717, 1.165) is 24.3 Å². The molecule has 18 heavy (non-hydrogen) atoms. The van der Waals surface area contributed by atoms with Crippen molar-refractivity contribution in [3.8, 4) is 0 Å². The Balaban J connectivity index is 1.94. The van der Waals surface area contributed by atoms with E-state index in [9.17, 15) is 5.11 Å². The van der Waals surface area contributed by atoms with E-state index in [1.807, 2.05) is 30.3 Å². The monoisotopic (exact) mass is 246 g/mol. The third-order valence-corrected chi connectivity index (χ3v) is 4.58. The fourth-order valence-electron chi connectivity index (χ4n) is 3.22. The van der Waals surface area contributed by atoms with Crippen LogP contribution in [-0.4, -0.2) is 5.11 Å². The molecule has 1 heteroatoms. The molecule has 0 radical (unpaired) electrons. The summed E-state index contributed by atoms with van der Waals surface area (Å²) in [4.78, 5) is 0. The highest BCUT2D eigenvalue weighted by Gasteiger charge is 2.32. The molecule has 0 aromatic heterocycles. The summed E-state index contributed by atoms with van der Waals surface area (Å²) in [6.45, 7) is 7.02. The van der Waals surface area contributed by atoms with Crippen LogP contribution in [0, 0.1) is 17.3 Å². The zero-order valence-corrected chi connectivity index (χ0v) is 11.9. The van der Waals surface area contributed by atoms with Crippen LogP contribution in [0.2, 0.25) is 0 Å². The maximum absolute atomic E-state index is 10.4. The molecular weight excluding hydrogens is 220 g/mol. The Morgan fingerprint density at radius 3 is 2.06 bits per heavy atom. The average molecular weight is 246 g/mol. The summed E-state index contributed by atoms with van der Waals surface area (Å²) in [6, 6.07) is 10.1. The second-order valence-electron chi connectivity index (χ2n) is 6.83. The van der Waals surface area contributed by atoms with Gasteiger partial charge in [0.05, 0.1) is 6.10 Å². The van der Waals surface area contributed by atoms with E-state index >= 15 is 0 Å². The summed E-state index contributed by atoms with van der Waals surface area (Å²) in [6.07, 6.45) is 4.58. The predicted molar refractivity (Wildman–Crippen MR) is 76.3 cm³/mol. The summed E-state index contributed by atoms with van der Waals surface area (Å²) in [5, 5.41) is 10.4. The van der Waals surface area contributed by atoms with Gasteiger partial charge in [-0.1, -0.05) is 51.1 Å². The number of hydrogen-bond donors (Lipinski definition) is 1. The maximum Gasteiger partial charge on any atom is 0.0818 e. The van der Waals surface area contributed by atoms with Crippen LogP contribution >= 0.6 is 0 Å². The molecule has 1 fully saturated rings. The van der Waals surface area contributed by atoms with E-state index in [2.05, 4.69) is 20.8 Å². The Bertz CT molecular complexity index is 355. The normalized spacial score (nSPS) is 26.9. The highest BCUT2D eigenvalue weighted by atomic mass is 16.3. The number of aliphatic hydroxyl groups is 1. The van der Waals surface area contributed by atoms with Crippen molar-refractivity contribution in [2.24, 2.45) is 17.3 Å². The summed E-state index contributed by atoms with van der Waals surface area (Å²) in [7, 11) is 0. The van der Waals surface area contributed by atoms with Crippen molar-refractivity contribution in [2.75, 3.05) is 0 Å². The highest BCUT2D eigenvalue weighted by Crippen LogP contribution is 2.43. The minimum Gasteiger partial charge on any atom is -0.388 e. The molecule has 0 amide bonds. The molecule has 2 rings (SSSR count). The Labute approximate surface area is 111 Å². The third-order valence-electron chi connectivity index (χ3n) is 4.58. The lowest BCUT2D eigenvalue weighted by Gasteiger charge is -2.38. The topological polar surface area (TPSA) is 20.2 Å². The molecule has 0 heterocycles. The van der Waals surface area contributed by atoms with Crippen LogP contribution in [0.15, 0.2) is 30.3 Å². The Morgan fingerprint density at radius 1 is 1.00 bits per heavy atom. The smallest absolute Gasteiger partial charge is 0.0818 e. The summed E-state index contributed by atoms with van der Waals surface area (Å²) in [5.74, 6) is 1.27. The Hall–Kier alpha value is -0.820. The highest BCUT2D eigenvalue weighted by molar-refractivity contribution is 5.18. The predicted octanol–water partition coefficient (Wildman–Crippen LogP) is 4.57. The molecule has 1 saturated carbocycles. The van der Waals surface area contributed by atoms with E-state index in [-0.39, 0.29) is 6.10 Å². The first-order valence-electron chi connectivity index (χ1n) is 7.21. The van der Waals surface area contributed by atoms with E-state index in [1.54, 1.807) is 0 Å². The van der Waals surface area contributed by atoms with Crippen molar-refractivity contribution in [2.45, 2.75) is 52.6 Å². The molecular formula is C17H26O. The molecule has 1 N–H and O–H groups in total. The van der Waals surface area contributed by atoms with Gasteiger partial charge in [0, 0.05) is 0 Å². The van der Waals surface area contributed by atoms with Gasteiger partial charge in [-0.25, -0.2) is 0 Å². The summed E-state index contributed by atoms with van der Waals surface area (Å²) in [5.41, 5.74) is 1.50. The van der Waals surface area contributed by atoms with Crippen LogP contribution < -0.4 is 0 Å². The molecule has 1 aliphatic carbocycles. The fourth-order valence-corrected chi connectivity index (χ4v) is 3.22. The first kappa shape index (κ1) is 13.6. The number of benzene rings is 1. The van der Waals surface area contributed by atoms with Crippen molar-refractivity contribution in [1.29, 1.82) is 0 Å². The van der Waals surface area contributed by atoms with Crippen LogP contribution in [-0.2, 0) is 0 Å². The SMILES string of the molecule is CC(C)(C)C1CCC(C(O)c2ccccc2)CC1. The van der Waals surface area contributed by atoms with Crippen molar-refractivity contribution in [3.05, 3.63) is 35.9 Å². The fraction of sp³-hybridized carbons (Fsp3) is 0.647. The standard InChI is InChI=1S/C17H26O/c1-17(2,3)15-11-9-14(10-12-15)16(18)13-7-5-4-6-8-13/h4-8,14-16,18H,9-12H2,1-3H3. The van der Waals surface area contributed by atoms with Gasteiger partial charge in [0.25, 0.3) is 0 Å². The molecule has 1 unspecified atom stereocenters. The third kappa shape index (κ3) is 3.14. The molecule has 1 aromatic rings. The Kier molecular flexibility index (Phi) is 4.11. The maximum atomic E-state index is 10.4. The van der Waals surface area contributed by atoms with Crippen molar-refractivity contribution >= 4 is 0 Å². The lowest BCUT2D eigenvalue weighted by molar-refractivity contribution is 0.0528. The van der Waals surface area contributed by atoms with E-state index in [1.165, 1.54) is 12.8 Å². The molecule has 1 aliphatic rings. The number of aliphatic hydroxyl groups excluding tert-OH is 1. The molecule has 1 aromatic carbocycles. The van der Waals surface area contributed by atoms with Gasteiger partial charge in [-0.15, -0.1) is 0 Å².